The molecule has 15 heavy (non-hydrogen) atoms. The van der Waals surface area contributed by atoms with E-state index in [-0.39, 0.29) is 17.9 Å². The quantitative estimate of drug-likeness (QED) is 0.759. The molecule has 0 radical (unpaired) electrons. The molecule has 2 atom stereocenters. The fraction of sp³-hybridized carbons (Fsp3) is 0.600. The van der Waals surface area contributed by atoms with Gasteiger partial charge in [-0.2, -0.15) is 0 Å². The van der Waals surface area contributed by atoms with Gasteiger partial charge in [0.15, 0.2) is 0 Å². The summed E-state index contributed by atoms with van der Waals surface area (Å²) in [5.41, 5.74) is 0.912. The average molecular weight is 209 g/mol. The second kappa shape index (κ2) is 4.44. The lowest BCUT2D eigenvalue weighted by atomic mass is 10.1. The van der Waals surface area contributed by atoms with Gasteiger partial charge in [0, 0.05) is 6.20 Å². The standard InChI is InChI=1S/C10H15N3O2/c1-7-2-8(5-15-7)10(14)12-4-9-3-11-6-13-9/h3,6-8H,2,4-5H2,1H3,(H,11,13)(H,12,14). The molecule has 5 nitrogen and oxygen atoms in total. The van der Waals surface area contributed by atoms with E-state index in [4.69, 9.17) is 4.74 Å². The molecule has 0 bridgehead atoms. The number of nitrogens with zero attached hydrogens (tertiary/aromatic N) is 1. The van der Waals surface area contributed by atoms with Crippen LogP contribution in [-0.2, 0) is 16.1 Å². The van der Waals surface area contributed by atoms with Crippen molar-refractivity contribution in [3.63, 3.8) is 0 Å². The second-order valence-electron chi connectivity index (χ2n) is 3.87. The van der Waals surface area contributed by atoms with Gasteiger partial charge < -0.3 is 15.0 Å². The number of amides is 1. The lowest BCUT2D eigenvalue weighted by Crippen LogP contribution is -2.30. The van der Waals surface area contributed by atoms with Crippen molar-refractivity contribution in [3.05, 3.63) is 18.2 Å². The number of nitrogens with one attached hydrogen (secondary N) is 2. The van der Waals surface area contributed by atoms with Crippen LogP contribution >= 0.6 is 0 Å². The second-order valence-corrected chi connectivity index (χ2v) is 3.87. The molecule has 1 aromatic heterocycles. The fourth-order valence-corrected chi connectivity index (χ4v) is 1.71. The van der Waals surface area contributed by atoms with E-state index in [2.05, 4.69) is 15.3 Å². The monoisotopic (exact) mass is 209 g/mol. The van der Waals surface area contributed by atoms with Crippen LogP contribution in [0.2, 0.25) is 0 Å². The number of H-pyrrole nitrogens is 1. The Morgan fingerprint density at radius 3 is 3.27 bits per heavy atom. The van der Waals surface area contributed by atoms with Gasteiger partial charge in [-0.15, -0.1) is 0 Å². The molecule has 1 aliphatic rings. The Bertz CT molecular complexity index is 323. The molecule has 1 saturated heterocycles. The topological polar surface area (TPSA) is 67.0 Å². The molecule has 0 aliphatic carbocycles. The van der Waals surface area contributed by atoms with Crippen LogP contribution in [0.25, 0.3) is 0 Å². The molecule has 0 saturated carbocycles. The molecule has 2 rings (SSSR count). The first-order chi connectivity index (χ1) is 7.25. The van der Waals surface area contributed by atoms with Crippen LogP contribution in [0.3, 0.4) is 0 Å². The highest BCUT2D eigenvalue weighted by Gasteiger charge is 2.27. The minimum Gasteiger partial charge on any atom is -0.378 e. The molecule has 2 N–H and O–H groups in total. The Kier molecular flexibility index (Phi) is 3.01. The van der Waals surface area contributed by atoms with E-state index in [1.54, 1.807) is 12.5 Å². The molecule has 1 aromatic rings. The highest BCUT2D eigenvalue weighted by atomic mass is 16.5. The first kappa shape index (κ1) is 10.2. The number of ether oxygens (including phenoxy) is 1. The molecule has 1 amide bonds. The van der Waals surface area contributed by atoms with E-state index in [0.29, 0.717) is 13.2 Å². The summed E-state index contributed by atoms with van der Waals surface area (Å²) < 4.78 is 5.34. The smallest absolute Gasteiger partial charge is 0.225 e. The first-order valence-electron chi connectivity index (χ1n) is 5.12. The average Bonchev–Trinajstić information content (AvgIpc) is 2.84. The number of imidazole rings is 1. The minimum atomic E-state index is 0.00271. The molecule has 5 heteroatoms. The largest absolute Gasteiger partial charge is 0.378 e. The van der Waals surface area contributed by atoms with Crippen LogP contribution in [0.15, 0.2) is 12.5 Å². The number of hydrogen-bond acceptors (Lipinski definition) is 3. The lowest BCUT2D eigenvalue weighted by Gasteiger charge is -2.07. The van der Waals surface area contributed by atoms with Crippen LogP contribution in [-0.4, -0.2) is 28.6 Å². The molecule has 1 fully saturated rings. The van der Waals surface area contributed by atoms with Crippen molar-refractivity contribution in [2.75, 3.05) is 6.61 Å². The number of hydrogen-bond donors (Lipinski definition) is 2. The summed E-state index contributed by atoms with van der Waals surface area (Å²) in [6.07, 6.45) is 4.32. The zero-order valence-corrected chi connectivity index (χ0v) is 8.69. The number of carbonyl (C=O) groups is 1. The summed E-state index contributed by atoms with van der Waals surface area (Å²) >= 11 is 0. The zero-order valence-electron chi connectivity index (χ0n) is 8.69. The molecule has 2 unspecified atom stereocenters. The highest BCUT2D eigenvalue weighted by Crippen LogP contribution is 2.18. The third-order valence-electron chi connectivity index (χ3n) is 2.58. The Morgan fingerprint density at radius 1 is 1.80 bits per heavy atom. The van der Waals surface area contributed by atoms with Gasteiger partial charge in [0.1, 0.15) is 0 Å². The first-order valence-corrected chi connectivity index (χ1v) is 5.12. The summed E-state index contributed by atoms with van der Waals surface area (Å²) in [6, 6.07) is 0. The van der Waals surface area contributed by atoms with E-state index in [9.17, 15) is 4.79 Å². The van der Waals surface area contributed by atoms with Crippen molar-refractivity contribution in [2.45, 2.75) is 26.0 Å². The van der Waals surface area contributed by atoms with Crippen molar-refractivity contribution in [1.29, 1.82) is 0 Å². The highest BCUT2D eigenvalue weighted by molar-refractivity contribution is 5.78. The molecule has 0 aromatic carbocycles. The predicted molar refractivity (Wildman–Crippen MR) is 54.0 cm³/mol. The van der Waals surface area contributed by atoms with E-state index in [0.717, 1.165) is 12.1 Å². The SMILES string of the molecule is CC1CC(C(=O)NCc2cnc[nH]2)CO1. The molecule has 0 spiro atoms. The van der Waals surface area contributed by atoms with E-state index in [1.807, 2.05) is 6.92 Å². The minimum absolute atomic E-state index is 0.00271. The summed E-state index contributed by atoms with van der Waals surface area (Å²) in [5, 5.41) is 2.86. The van der Waals surface area contributed by atoms with Crippen LogP contribution in [0.4, 0.5) is 0 Å². The maximum absolute atomic E-state index is 11.7. The molecule has 1 aliphatic heterocycles. The molecule has 2 heterocycles. The van der Waals surface area contributed by atoms with Crippen molar-refractivity contribution in [3.8, 4) is 0 Å². The Labute approximate surface area is 88.2 Å². The third-order valence-corrected chi connectivity index (χ3v) is 2.58. The summed E-state index contributed by atoms with van der Waals surface area (Å²) in [6.45, 7) is 3.03. The molecular formula is C10H15N3O2. The van der Waals surface area contributed by atoms with Gasteiger partial charge in [0.25, 0.3) is 0 Å². The van der Waals surface area contributed by atoms with E-state index >= 15 is 0 Å². The van der Waals surface area contributed by atoms with Crippen molar-refractivity contribution in [1.82, 2.24) is 15.3 Å². The van der Waals surface area contributed by atoms with Crippen LogP contribution in [0, 0.1) is 5.92 Å². The van der Waals surface area contributed by atoms with Crippen LogP contribution < -0.4 is 5.32 Å². The Hall–Kier alpha value is -1.36. The van der Waals surface area contributed by atoms with Gasteiger partial charge in [-0.05, 0) is 13.3 Å². The van der Waals surface area contributed by atoms with Gasteiger partial charge in [0.2, 0.25) is 5.91 Å². The zero-order chi connectivity index (χ0) is 10.7. The van der Waals surface area contributed by atoms with Gasteiger partial charge in [-0.3, -0.25) is 4.79 Å². The fourth-order valence-electron chi connectivity index (χ4n) is 1.71. The number of aromatic nitrogens is 2. The summed E-state index contributed by atoms with van der Waals surface area (Å²) in [5.74, 6) is 0.0665. The number of aromatic amines is 1. The third kappa shape index (κ3) is 2.56. The summed E-state index contributed by atoms with van der Waals surface area (Å²) in [4.78, 5) is 18.5. The normalized spacial score (nSPS) is 25.4. The van der Waals surface area contributed by atoms with E-state index in [1.165, 1.54) is 0 Å². The molecular weight excluding hydrogens is 194 g/mol. The maximum Gasteiger partial charge on any atom is 0.225 e. The van der Waals surface area contributed by atoms with Gasteiger partial charge in [-0.1, -0.05) is 0 Å². The summed E-state index contributed by atoms with van der Waals surface area (Å²) in [7, 11) is 0. The predicted octanol–water partition coefficient (Wildman–Crippen LogP) is 0.451. The van der Waals surface area contributed by atoms with Crippen LogP contribution in [0.5, 0.6) is 0 Å². The lowest BCUT2D eigenvalue weighted by molar-refractivity contribution is -0.125. The van der Waals surface area contributed by atoms with Gasteiger partial charge >= 0.3 is 0 Å². The number of rotatable bonds is 3. The maximum atomic E-state index is 11.7. The van der Waals surface area contributed by atoms with Crippen LogP contribution in [0.1, 0.15) is 19.0 Å². The van der Waals surface area contributed by atoms with Crippen molar-refractivity contribution < 1.29 is 9.53 Å². The molecule has 82 valence electrons. The number of carbonyl (C=O) groups excluding carboxylic acids is 1. The van der Waals surface area contributed by atoms with Crippen molar-refractivity contribution >= 4 is 5.91 Å². The van der Waals surface area contributed by atoms with E-state index < -0.39 is 0 Å². The Morgan fingerprint density at radius 2 is 2.67 bits per heavy atom. The van der Waals surface area contributed by atoms with Crippen molar-refractivity contribution in [2.24, 2.45) is 5.92 Å². The van der Waals surface area contributed by atoms with Gasteiger partial charge in [0.05, 0.1) is 37.2 Å². The van der Waals surface area contributed by atoms with Gasteiger partial charge in [-0.25, -0.2) is 4.98 Å². The Balaban J connectivity index is 1.78.